The highest BCUT2D eigenvalue weighted by Gasteiger charge is 2.20. The zero-order valence-corrected chi connectivity index (χ0v) is 23.0. The molecule has 3 heterocycles. The summed E-state index contributed by atoms with van der Waals surface area (Å²) in [6.07, 6.45) is 9.16. The van der Waals surface area contributed by atoms with Crippen LogP contribution in [0.1, 0.15) is 51.2 Å². The van der Waals surface area contributed by atoms with E-state index in [9.17, 15) is 9.59 Å². The number of unbranched alkanes of at least 4 members (excludes halogenated alkanes) is 1. The average molecular weight is 557 g/mol. The lowest BCUT2D eigenvalue weighted by molar-refractivity contribution is 0.0935. The van der Waals surface area contributed by atoms with Crippen LogP contribution in [0.25, 0.3) is 22.0 Å². The maximum absolute atomic E-state index is 12.9. The predicted octanol–water partition coefficient (Wildman–Crippen LogP) is 5.87. The number of nitrogens with zero attached hydrogens (tertiary/aromatic N) is 3. The van der Waals surface area contributed by atoms with Gasteiger partial charge in [0, 0.05) is 18.3 Å². The molecule has 1 atom stereocenters. The van der Waals surface area contributed by atoms with Crippen LogP contribution in [-0.2, 0) is 0 Å². The summed E-state index contributed by atoms with van der Waals surface area (Å²) in [6.45, 7) is 0.525. The monoisotopic (exact) mass is 556 g/mol. The van der Waals surface area contributed by atoms with E-state index in [0.717, 1.165) is 29.5 Å². The molecule has 8 nitrogen and oxygen atoms in total. The summed E-state index contributed by atoms with van der Waals surface area (Å²) in [5.41, 5.74) is 4.14. The van der Waals surface area contributed by atoms with E-state index in [1.165, 1.54) is 28.5 Å². The van der Waals surface area contributed by atoms with Crippen molar-refractivity contribution in [2.75, 3.05) is 12.8 Å². The third-order valence-corrected chi connectivity index (χ3v) is 7.85. The molecule has 0 unspecified atom stereocenters. The molecule has 198 valence electrons. The summed E-state index contributed by atoms with van der Waals surface area (Å²) in [4.78, 5) is 42.3. The lowest BCUT2D eigenvalue weighted by Crippen LogP contribution is -2.29. The lowest BCUT2D eigenvalue weighted by atomic mass is 10.1. The second-order valence-electron chi connectivity index (χ2n) is 8.95. The van der Waals surface area contributed by atoms with Crippen LogP contribution >= 0.6 is 23.1 Å². The van der Waals surface area contributed by atoms with E-state index < -0.39 is 0 Å². The molecule has 0 radical (unpaired) electrons. The zero-order chi connectivity index (χ0) is 27.0. The largest absolute Gasteiger partial charge is 0.352 e. The number of thioether (sulfide) groups is 1. The Labute approximate surface area is 234 Å². The highest BCUT2D eigenvalue weighted by Crippen LogP contribution is 2.26. The molecule has 3 N–H and O–H groups in total. The Morgan fingerprint density at radius 3 is 2.69 bits per heavy atom. The summed E-state index contributed by atoms with van der Waals surface area (Å²) in [7, 11) is 0. The van der Waals surface area contributed by atoms with Gasteiger partial charge in [-0.05, 0) is 54.5 Å². The number of aromatic nitrogens is 4. The van der Waals surface area contributed by atoms with Crippen LogP contribution in [0.2, 0.25) is 0 Å². The number of benzene rings is 2. The normalized spacial score (nSPS) is 11.8. The van der Waals surface area contributed by atoms with Crippen molar-refractivity contribution in [3.8, 4) is 11.3 Å². The van der Waals surface area contributed by atoms with Gasteiger partial charge < -0.3 is 15.6 Å². The molecule has 0 fully saturated rings. The van der Waals surface area contributed by atoms with Crippen molar-refractivity contribution in [2.45, 2.75) is 30.3 Å². The van der Waals surface area contributed by atoms with Crippen LogP contribution in [0.15, 0.2) is 83.7 Å². The molecule has 0 spiro atoms. The number of thiazole rings is 1. The Kier molecular flexibility index (Phi) is 8.65. The van der Waals surface area contributed by atoms with Gasteiger partial charge >= 0.3 is 0 Å². The van der Waals surface area contributed by atoms with Gasteiger partial charge in [0.25, 0.3) is 11.8 Å². The van der Waals surface area contributed by atoms with Crippen LogP contribution in [-0.4, -0.2) is 44.6 Å². The van der Waals surface area contributed by atoms with Gasteiger partial charge in [-0.3, -0.25) is 14.6 Å². The molecule has 0 saturated carbocycles. The molecular formula is C29H28N6O2S2. The minimum atomic E-state index is -0.314. The Bertz CT molecular complexity index is 1570. The predicted molar refractivity (Wildman–Crippen MR) is 156 cm³/mol. The average Bonchev–Trinajstić information content (AvgIpc) is 3.69. The fraction of sp³-hybridized carbons (Fsp3) is 0.207. The summed E-state index contributed by atoms with van der Waals surface area (Å²) < 4.78 is 0. The Morgan fingerprint density at radius 2 is 1.87 bits per heavy atom. The van der Waals surface area contributed by atoms with E-state index >= 15 is 0 Å². The lowest BCUT2D eigenvalue weighted by Gasteiger charge is -2.16. The van der Waals surface area contributed by atoms with Gasteiger partial charge in [0.2, 0.25) is 0 Å². The van der Waals surface area contributed by atoms with E-state index in [2.05, 4.69) is 60.9 Å². The smallest absolute Gasteiger partial charge is 0.263 e. The number of imidazole rings is 1. The van der Waals surface area contributed by atoms with Crippen LogP contribution < -0.4 is 10.6 Å². The number of hydrogen-bond donors (Lipinski definition) is 3. The van der Waals surface area contributed by atoms with E-state index in [0.29, 0.717) is 34.3 Å². The SMILES string of the molecule is CSc1ncccc1C(=O)NCCCC[C@H](NC(=O)c1cncs1)c1ncc(-c2ccc3ccccc3c2)[nH]1. The number of carbonyl (C=O) groups excluding carboxylic acids is 2. The summed E-state index contributed by atoms with van der Waals surface area (Å²) >= 11 is 2.75. The van der Waals surface area contributed by atoms with Crippen molar-refractivity contribution in [1.29, 1.82) is 0 Å². The number of fused-ring (bicyclic) bond motifs is 1. The molecule has 0 bridgehead atoms. The molecule has 0 aliphatic carbocycles. The topological polar surface area (TPSA) is 113 Å². The van der Waals surface area contributed by atoms with Crippen molar-refractivity contribution in [2.24, 2.45) is 0 Å². The Morgan fingerprint density at radius 1 is 1.00 bits per heavy atom. The second-order valence-corrected chi connectivity index (χ2v) is 10.6. The summed E-state index contributed by atoms with van der Waals surface area (Å²) in [6, 6.07) is 17.7. The number of H-pyrrole nitrogens is 1. The van der Waals surface area contributed by atoms with Crippen molar-refractivity contribution in [3.05, 3.63) is 95.0 Å². The number of carbonyl (C=O) groups is 2. The number of amides is 2. The van der Waals surface area contributed by atoms with Gasteiger partial charge in [-0.15, -0.1) is 23.1 Å². The van der Waals surface area contributed by atoms with E-state index in [-0.39, 0.29) is 17.9 Å². The van der Waals surface area contributed by atoms with Crippen molar-refractivity contribution in [1.82, 2.24) is 30.6 Å². The first-order valence-electron chi connectivity index (χ1n) is 12.6. The molecular weight excluding hydrogens is 528 g/mol. The standard InChI is InChI=1S/C29H28N6O2S2/c1-38-29-22(9-6-14-32-29)27(36)31-13-5-4-10-23(35-28(37)25-17-30-18-39-25)26-33-16-24(34-26)21-12-11-19-7-2-3-8-20(19)15-21/h2-3,6-9,11-12,14-18,23H,4-5,10,13H2,1H3,(H,31,36)(H,33,34)(H,35,37)/t23-/m0/s1. The quantitative estimate of drug-likeness (QED) is 0.138. The molecule has 0 aliphatic heterocycles. The fourth-order valence-electron chi connectivity index (χ4n) is 4.35. The molecule has 5 aromatic rings. The number of rotatable bonds is 11. The summed E-state index contributed by atoms with van der Waals surface area (Å²) in [5, 5.41) is 9.13. The Balaban J connectivity index is 1.24. The van der Waals surface area contributed by atoms with Gasteiger partial charge in [-0.25, -0.2) is 9.97 Å². The second kappa shape index (κ2) is 12.7. The molecule has 2 aromatic carbocycles. The zero-order valence-electron chi connectivity index (χ0n) is 21.4. The number of nitrogens with one attached hydrogen (secondary N) is 3. The molecule has 2 amide bonds. The molecule has 10 heteroatoms. The number of hydrogen-bond acceptors (Lipinski definition) is 7. The molecule has 39 heavy (non-hydrogen) atoms. The van der Waals surface area contributed by atoms with Gasteiger partial charge in [-0.2, -0.15) is 0 Å². The first-order valence-corrected chi connectivity index (χ1v) is 14.7. The maximum atomic E-state index is 12.9. The Hall–Kier alpha value is -4.02. The third kappa shape index (κ3) is 6.52. The van der Waals surface area contributed by atoms with Crippen LogP contribution in [0.5, 0.6) is 0 Å². The highest BCUT2D eigenvalue weighted by atomic mass is 32.2. The third-order valence-electron chi connectivity index (χ3n) is 6.36. The van der Waals surface area contributed by atoms with Crippen LogP contribution in [0.4, 0.5) is 0 Å². The van der Waals surface area contributed by atoms with Gasteiger partial charge in [0.15, 0.2) is 0 Å². The van der Waals surface area contributed by atoms with E-state index in [1.54, 1.807) is 30.0 Å². The number of pyridine rings is 1. The van der Waals surface area contributed by atoms with Gasteiger partial charge in [0.05, 0.1) is 35.2 Å². The fourth-order valence-corrected chi connectivity index (χ4v) is 5.42. The van der Waals surface area contributed by atoms with E-state index in [1.807, 2.05) is 24.6 Å². The van der Waals surface area contributed by atoms with Crippen LogP contribution in [0, 0.1) is 0 Å². The first kappa shape index (κ1) is 26.6. The van der Waals surface area contributed by atoms with E-state index in [4.69, 9.17) is 0 Å². The first-order chi connectivity index (χ1) is 19.1. The molecule has 3 aromatic heterocycles. The van der Waals surface area contributed by atoms with Crippen molar-refractivity contribution < 1.29 is 9.59 Å². The minimum Gasteiger partial charge on any atom is -0.352 e. The highest BCUT2D eigenvalue weighted by molar-refractivity contribution is 7.98. The minimum absolute atomic E-state index is 0.131. The van der Waals surface area contributed by atoms with Crippen molar-refractivity contribution >= 4 is 45.7 Å². The maximum Gasteiger partial charge on any atom is 0.263 e. The molecule has 0 aliphatic rings. The number of aromatic amines is 1. The van der Waals surface area contributed by atoms with Crippen molar-refractivity contribution in [3.63, 3.8) is 0 Å². The molecule has 0 saturated heterocycles. The van der Waals surface area contributed by atoms with Crippen LogP contribution in [0.3, 0.4) is 0 Å². The van der Waals surface area contributed by atoms with Gasteiger partial charge in [-0.1, -0.05) is 36.4 Å². The van der Waals surface area contributed by atoms with Gasteiger partial charge in [0.1, 0.15) is 15.7 Å². The summed E-state index contributed by atoms with van der Waals surface area (Å²) in [5.74, 6) is 0.384. The molecule has 5 rings (SSSR count).